The molecule has 6 heteroatoms. The highest BCUT2D eigenvalue weighted by atomic mass is 16.1. The molecule has 1 amide bonds. The summed E-state index contributed by atoms with van der Waals surface area (Å²) in [6.07, 6.45) is 11.9. The van der Waals surface area contributed by atoms with Gasteiger partial charge in [-0.25, -0.2) is 0 Å². The van der Waals surface area contributed by atoms with E-state index < -0.39 is 0 Å². The first-order valence-corrected chi connectivity index (χ1v) is 13.5. The Balaban J connectivity index is 1.40. The monoisotopic (exact) mass is 488 g/mol. The molecule has 2 heterocycles. The first kappa shape index (κ1) is 24.8. The van der Waals surface area contributed by atoms with Crippen molar-refractivity contribution in [1.29, 1.82) is 0 Å². The minimum absolute atomic E-state index is 0.108. The zero-order valence-corrected chi connectivity index (χ0v) is 22.2. The Labute approximate surface area is 214 Å². The zero-order valence-electron chi connectivity index (χ0n) is 22.2. The van der Waals surface area contributed by atoms with Crippen LogP contribution in [0.25, 0.3) is 0 Å². The number of fused-ring (bicyclic) bond motifs is 2. The number of nitrogens with zero attached hydrogens (tertiary/aromatic N) is 2. The number of H-pyrrole nitrogens is 1. The number of carbonyl (C=O) groups is 1. The number of pyridine rings is 1. The highest BCUT2D eigenvalue weighted by molar-refractivity contribution is 5.97. The second-order valence-electron chi connectivity index (χ2n) is 11.4. The molecule has 2 fully saturated rings. The minimum atomic E-state index is -0.110. The van der Waals surface area contributed by atoms with E-state index in [1.807, 2.05) is 25.1 Å². The van der Waals surface area contributed by atoms with Crippen LogP contribution < -0.4 is 15.8 Å². The maximum absolute atomic E-state index is 13.4. The maximum atomic E-state index is 13.4. The molecule has 6 nitrogen and oxygen atoms in total. The Morgan fingerprint density at radius 2 is 1.78 bits per heavy atom. The lowest BCUT2D eigenvalue weighted by molar-refractivity contribution is -0.0530. The number of hydrogen-bond acceptors (Lipinski definition) is 4. The summed E-state index contributed by atoms with van der Waals surface area (Å²) in [5, 5.41) is 3.06. The molecule has 0 bridgehead atoms. The van der Waals surface area contributed by atoms with Crippen LogP contribution >= 0.6 is 0 Å². The van der Waals surface area contributed by atoms with Gasteiger partial charge in [0.2, 0.25) is 0 Å². The summed E-state index contributed by atoms with van der Waals surface area (Å²) in [5.74, 6) is -0.110. The number of carbonyl (C=O) groups excluding carboxylic acids is 1. The Hall–Kier alpha value is -2.86. The third kappa shape index (κ3) is 4.63. The molecule has 1 spiro atoms. The van der Waals surface area contributed by atoms with Crippen LogP contribution in [0.5, 0.6) is 0 Å². The lowest BCUT2D eigenvalue weighted by Gasteiger charge is -2.61. The largest absolute Gasteiger partial charge is 0.369 e. The number of benzene rings is 1. The van der Waals surface area contributed by atoms with E-state index in [0.29, 0.717) is 22.6 Å². The van der Waals surface area contributed by atoms with Crippen molar-refractivity contribution in [3.8, 4) is 0 Å². The van der Waals surface area contributed by atoms with Crippen molar-refractivity contribution in [2.24, 2.45) is 5.41 Å². The molecular formula is C30H40N4O2. The topological polar surface area (TPSA) is 68.4 Å². The van der Waals surface area contributed by atoms with Crippen molar-refractivity contribution in [1.82, 2.24) is 15.2 Å². The van der Waals surface area contributed by atoms with Gasteiger partial charge < -0.3 is 20.1 Å². The van der Waals surface area contributed by atoms with E-state index in [1.54, 1.807) is 0 Å². The minimum Gasteiger partial charge on any atom is -0.369 e. The SMILES string of the molecule is CCN(c1cccc2c1C/C=C\CCc1cc(C)[nH]c(=O)c1CNC2=O)C1CC2(CC(N(C)C)C2)C1. The fraction of sp³-hybridized carbons (Fsp3) is 0.533. The van der Waals surface area contributed by atoms with E-state index in [1.165, 1.54) is 31.4 Å². The third-order valence-electron chi connectivity index (χ3n) is 8.75. The number of allylic oxidation sites excluding steroid dienone is 2. The quantitative estimate of drug-likeness (QED) is 0.628. The predicted octanol–water partition coefficient (Wildman–Crippen LogP) is 4.36. The van der Waals surface area contributed by atoms with Crippen molar-refractivity contribution >= 4 is 11.6 Å². The predicted molar refractivity (Wildman–Crippen MR) is 146 cm³/mol. The Morgan fingerprint density at radius 1 is 1.03 bits per heavy atom. The van der Waals surface area contributed by atoms with E-state index in [9.17, 15) is 9.59 Å². The molecule has 0 unspecified atom stereocenters. The van der Waals surface area contributed by atoms with Crippen LogP contribution in [-0.4, -0.2) is 48.5 Å². The van der Waals surface area contributed by atoms with Crippen LogP contribution in [0.1, 0.15) is 71.8 Å². The van der Waals surface area contributed by atoms with Crippen molar-refractivity contribution < 1.29 is 4.79 Å². The van der Waals surface area contributed by atoms with Crippen LogP contribution in [0.4, 0.5) is 5.69 Å². The lowest BCUT2D eigenvalue weighted by atomic mass is 9.51. The van der Waals surface area contributed by atoms with Gasteiger partial charge in [0.25, 0.3) is 11.5 Å². The van der Waals surface area contributed by atoms with Crippen molar-refractivity contribution in [3.63, 3.8) is 0 Å². The number of amides is 1. The van der Waals surface area contributed by atoms with Crippen LogP contribution in [0.3, 0.4) is 0 Å². The number of hydrogen-bond donors (Lipinski definition) is 2. The van der Waals surface area contributed by atoms with Crippen LogP contribution in [0.15, 0.2) is 41.2 Å². The summed E-state index contributed by atoms with van der Waals surface area (Å²) in [6, 6.07) is 9.42. The molecule has 2 aromatic rings. The van der Waals surface area contributed by atoms with Crippen LogP contribution in [0.2, 0.25) is 0 Å². The van der Waals surface area contributed by atoms with Gasteiger partial charge in [0.15, 0.2) is 0 Å². The second kappa shape index (κ2) is 9.89. The number of anilines is 1. The van der Waals surface area contributed by atoms with Gasteiger partial charge in [-0.15, -0.1) is 0 Å². The summed E-state index contributed by atoms with van der Waals surface area (Å²) in [4.78, 5) is 33.9. The summed E-state index contributed by atoms with van der Waals surface area (Å²) in [5.41, 5.74) is 5.93. The molecule has 2 N–H and O–H groups in total. The van der Waals surface area contributed by atoms with Gasteiger partial charge in [0, 0.05) is 47.7 Å². The molecule has 5 rings (SSSR count). The molecule has 0 radical (unpaired) electrons. The Bertz CT molecular complexity index is 1210. The summed E-state index contributed by atoms with van der Waals surface area (Å²) in [7, 11) is 4.38. The van der Waals surface area contributed by atoms with Gasteiger partial charge in [0.1, 0.15) is 0 Å². The molecule has 36 heavy (non-hydrogen) atoms. The van der Waals surface area contributed by atoms with E-state index in [4.69, 9.17) is 0 Å². The molecule has 2 aliphatic carbocycles. The number of aromatic amines is 1. The van der Waals surface area contributed by atoms with E-state index in [-0.39, 0.29) is 18.0 Å². The van der Waals surface area contributed by atoms with Crippen molar-refractivity contribution in [2.75, 3.05) is 25.5 Å². The summed E-state index contributed by atoms with van der Waals surface area (Å²) in [6.45, 7) is 5.30. The number of rotatable bonds is 4. The van der Waals surface area contributed by atoms with Crippen LogP contribution in [-0.2, 0) is 19.4 Å². The standard InChI is InChI=1S/C30H40N4O2/c1-5-34(23-17-30(18-23)15-22(16-30)33(3)4)27-13-9-12-25-24(27)11-8-6-7-10-21-14-20(2)32-29(36)26(21)19-31-28(25)35/h6,8-9,12-14,22-23H,5,7,10-11,15-19H2,1-4H3,(H,31,35)(H,32,36)/b8-6-. The van der Waals surface area contributed by atoms with Crippen LogP contribution in [0, 0.1) is 12.3 Å². The molecule has 1 aromatic carbocycles. The average Bonchev–Trinajstić information content (AvgIpc) is 2.77. The molecule has 0 atom stereocenters. The highest BCUT2D eigenvalue weighted by Gasteiger charge is 2.54. The maximum Gasteiger partial charge on any atom is 0.253 e. The fourth-order valence-corrected chi connectivity index (χ4v) is 6.72. The first-order valence-electron chi connectivity index (χ1n) is 13.5. The Morgan fingerprint density at radius 3 is 2.50 bits per heavy atom. The highest BCUT2D eigenvalue weighted by Crippen LogP contribution is 2.58. The number of nitrogens with one attached hydrogen (secondary N) is 2. The molecule has 192 valence electrons. The third-order valence-corrected chi connectivity index (χ3v) is 8.75. The molecule has 0 saturated heterocycles. The van der Waals surface area contributed by atoms with E-state index in [2.05, 4.69) is 59.3 Å². The normalized spacial score (nSPS) is 26.5. The second-order valence-corrected chi connectivity index (χ2v) is 11.4. The smallest absolute Gasteiger partial charge is 0.253 e. The molecule has 2 saturated carbocycles. The lowest BCUT2D eigenvalue weighted by Crippen LogP contribution is -2.60. The number of aryl methyl sites for hydroxylation is 2. The van der Waals surface area contributed by atoms with Gasteiger partial charge in [-0.1, -0.05) is 18.2 Å². The number of aromatic nitrogens is 1. The molecule has 1 aliphatic heterocycles. The van der Waals surface area contributed by atoms with Gasteiger partial charge in [-0.05, 0) is 108 Å². The van der Waals surface area contributed by atoms with Crippen molar-refractivity contribution in [2.45, 2.75) is 77.4 Å². The summed E-state index contributed by atoms with van der Waals surface area (Å²) >= 11 is 0. The average molecular weight is 489 g/mol. The van der Waals surface area contributed by atoms with Gasteiger partial charge in [-0.3, -0.25) is 9.59 Å². The fourth-order valence-electron chi connectivity index (χ4n) is 6.72. The molecule has 3 aliphatic rings. The zero-order chi connectivity index (χ0) is 25.4. The summed E-state index contributed by atoms with van der Waals surface area (Å²) < 4.78 is 0. The van der Waals surface area contributed by atoms with E-state index >= 15 is 0 Å². The molecule has 1 aromatic heterocycles. The van der Waals surface area contributed by atoms with Gasteiger partial charge >= 0.3 is 0 Å². The van der Waals surface area contributed by atoms with Gasteiger partial charge in [-0.2, -0.15) is 0 Å². The molecular weight excluding hydrogens is 448 g/mol. The van der Waals surface area contributed by atoms with Crippen molar-refractivity contribution in [3.05, 3.63) is 74.7 Å². The first-order chi connectivity index (χ1) is 17.3. The van der Waals surface area contributed by atoms with E-state index in [0.717, 1.165) is 48.7 Å². The Kier molecular flexibility index (Phi) is 6.82. The van der Waals surface area contributed by atoms with Gasteiger partial charge in [0.05, 0.1) is 0 Å².